The number of allylic oxidation sites excluding steroid dienone is 5. The van der Waals surface area contributed by atoms with Crippen LogP contribution in [0.4, 0.5) is 0 Å². The second-order valence-corrected chi connectivity index (χ2v) is 3.85. The number of ether oxygens (including phenoxy) is 1. The fourth-order valence-corrected chi connectivity index (χ4v) is 2.14. The van der Waals surface area contributed by atoms with Crippen molar-refractivity contribution in [2.45, 2.75) is 19.3 Å². The molecule has 0 aliphatic heterocycles. The molecule has 0 N–H and O–H groups in total. The van der Waals surface area contributed by atoms with Gasteiger partial charge < -0.3 is 4.74 Å². The molecular formula is C12H15IO. The molecular weight excluding hydrogens is 287 g/mol. The lowest BCUT2D eigenvalue weighted by atomic mass is 9.93. The largest absolute Gasteiger partial charge is 0.496 e. The topological polar surface area (TPSA) is 9.23 Å². The number of halogens is 1. The molecule has 2 heteroatoms. The van der Waals surface area contributed by atoms with E-state index in [1.165, 1.54) is 17.6 Å². The minimum Gasteiger partial charge on any atom is -0.496 e. The van der Waals surface area contributed by atoms with Gasteiger partial charge in [0, 0.05) is 0 Å². The third-order valence-electron chi connectivity index (χ3n) is 2.26. The molecule has 14 heavy (non-hydrogen) atoms. The first-order valence-electron chi connectivity index (χ1n) is 4.69. The molecule has 0 bridgehead atoms. The van der Waals surface area contributed by atoms with E-state index in [1.807, 2.05) is 16.2 Å². The van der Waals surface area contributed by atoms with E-state index in [9.17, 15) is 0 Å². The van der Waals surface area contributed by atoms with Gasteiger partial charge in [0.1, 0.15) is 5.76 Å². The van der Waals surface area contributed by atoms with Crippen LogP contribution in [-0.2, 0) is 4.74 Å². The third kappa shape index (κ3) is 2.74. The van der Waals surface area contributed by atoms with Gasteiger partial charge in [0.2, 0.25) is 0 Å². The molecule has 0 atom stereocenters. The zero-order chi connectivity index (χ0) is 10.4. The highest BCUT2D eigenvalue weighted by Crippen LogP contribution is 2.30. The Bertz CT molecular complexity index is 297. The predicted octanol–water partition coefficient (Wildman–Crippen LogP) is 4.13. The van der Waals surface area contributed by atoms with E-state index in [0.717, 1.165) is 18.6 Å². The second kappa shape index (κ2) is 6.06. The van der Waals surface area contributed by atoms with E-state index in [4.69, 9.17) is 4.74 Å². The number of hydrogen-bond donors (Lipinski definition) is 0. The summed E-state index contributed by atoms with van der Waals surface area (Å²) in [5.41, 5.74) is 2.56. The summed E-state index contributed by atoms with van der Waals surface area (Å²) in [6.07, 6.45) is 9.38. The third-order valence-corrected chi connectivity index (χ3v) is 2.62. The Labute approximate surface area is 99.4 Å². The van der Waals surface area contributed by atoms with Gasteiger partial charge in [-0.3, -0.25) is 0 Å². The van der Waals surface area contributed by atoms with Crippen LogP contribution in [0.2, 0.25) is 0 Å². The van der Waals surface area contributed by atoms with Gasteiger partial charge in [-0.25, -0.2) is 0 Å². The molecule has 0 saturated heterocycles. The van der Waals surface area contributed by atoms with E-state index in [0.29, 0.717) is 0 Å². The Balaban J connectivity index is 3.06. The maximum atomic E-state index is 5.43. The van der Waals surface area contributed by atoms with Gasteiger partial charge in [-0.05, 0) is 40.6 Å². The smallest absolute Gasteiger partial charge is 0.125 e. The van der Waals surface area contributed by atoms with Gasteiger partial charge in [-0.1, -0.05) is 41.3 Å². The van der Waals surface area contributed by atoms with Crippen molar-refractivity contribution in [1.29, 1.82) is 0 Å². The van der Waals surface area contributed by atoms with Crippen LogP contribution in [-0.4, -0.2) is 7.11 Å². The van der Waals surface area contributed by atoms with Crippen LogP contribution in [0, 0.1) is 0 Å². The van der Waals surface area contributed by atoms with Crippen LogP contribution in [0.1, 0.15) is 19.3 Å². The lowest BCUT2D eigenvalue weighted by Crippen LogP contribution is -2.03. The Morgan fingerprint density at radius 1 is 1.43 bits per heavy atom. The van der Waals surface area contributed by atoms with Crippen molar-refractivity contribution in [3.63, 3.8) is 0 Å². The standard InChI is InChI=1S/C12H15IO/c1-3-5-10-6-4-7-11(8-9-13)12(10)14-2/h3,5,8-9H,1,4,6-7H2,2H3/b9-8+,10-5+. The summed E-state index contributed by atoms with van der Waals surface area (Å²) in [7, 11) is 1.73. The van der Waals surface area contributed by atoms with Crippen LogP contribution in [0.15, 0.2) is 45.8 Å². The molecule has 0 unspecified atom stereocenters. The predicted molar refractivity (Wildman–Crippen MR) is 69.3 cm³/mol. The Morgan fingerprint density at radius 2 is 2.21 bits per heavy atom. The summed E-state index contributed by atoms with van der Waals surface area (Å²) in [4.78, 5) is 0. The second-order valence-electron chi connectivity index (χ2n) is 3.13. The molecule has 0 radical (unpaired) electrons. The highest BCUT2D eigenvalue weighted by molar-refractivity contribution is 14.1. The number of methoxy groups -OCH3 is 1. The van der Waals surface area contributed by atoms with Crippen LogP contribution in [0.5, 0.6) is 0 Å². The lowest BCUT2D eigenvalue weighted by molar-refractivity contribution is 0.289. The van der Waals surface area contributed by atoms with E-state index in [2.05, 4.69) is 35.2 Å². The van der Waals surface area contributed by atoms with Gasteiger partial charge in [-0.15, -0.1) is 0 Å². The Kier molecular flexibility index (Phi) is 5.01. The van der Waals surface area contributed by atoms with Gasteiger partial charge >= 0.3 is 0 Å². The maximum Gasteiger partial charge on any atom is 0.125 e. The number of rotatable bonds is 3. The Morgan fingerprint density at radius 3 is 2.79 bits per heavy atom. The Hall–Kier alpha value is -0.510. The summed E-state index contributed by atoms with van der Waals surface area (Å²) in [6.45, 7) is 3.72. The summed E-state index contributed by atoms with van der Waals surface area (Å²) in [5, 5.41) is 0. The molecule has 0 saturated carbocycles. The molecule has 0 amide bonds. The van der Waals surface area contributed by atoms with Crippen molar-refractivity contribution in [1.82, 2.24) is 0 Å². The minimum atomic E-state index is 1.03. The zero-order valence-electron chi connectivity index (χ0n) is 8.42. The molecule has 0 aromatic carbocycles. The summed E-state index contributed by atoms with van der Waals surface area (Å²) < 4.78 is 7.46. The molecule has 76 valence electrons. The molecule has 1 nitrogen and oxygen atoms in total. The van der Waals surface area contributed by atoms with Gasteiger partial charge in [0.25, 0.3) is 0 Å². The molecule has 0 spiro atoms. The normalized spacial score (nSPS) is 20.6. The summed E-state index contributed by atoms with van der Waals surface area (Å²) >= 11 is 2.23. The first kappa shape index (κ1) is 11.6. The summed E-state index contributed by atoms with van der Waals surface area (Å²) in [5.74, 6) is 1.03. The van der Waals surface area contributed by atoms with Crippen molar-refractivity contribution in [3.8, 4) is 0 Å². The fraction of sp³-hybridized carbons (Fsp3) is 0.333. The molecule has 0 aromatic rings. The minimum absolute atomic E-state index is 1.03. The first-order chi connectivity index (χ1) is 6.83. The average Bonchev–Trinajstić information content (AvgIpc) is 2.19. The first-order valence-corrected chi connectivity index (χ1v) is 5.94. The van der Waals surface area contributed by atoms with Crippen molar-refractivity contribution in [2.75, 3.05) is 7.11 Å². The van der Waals surface area contributed by atoms with E-state index in [1.54, 1.807) is 7.11 Å². The average molecular weight is 302 g/mol. The summed E-state index contributed by atoms with van der Waals surface area (Å²) in [6, 6.07) is 0. The molecule has 1 aliphatic carbocycles. The van der Waals surface area contributed by atoms with Gasteiger partial charge in [-0.2, -0.15) is 0 Å². The van der Waals surface area contributed by atoms with Crippen LogP contribution in [0.25, 0.3) is 0 Å². The highest BCUT2D eigenvalue weighted by atomic mass is 127. The lowest BCUT2D eigenvalue weighted by Gasteiger charge is -2.19. The fourth-order valence-electron chi connectivity index (χ4n) is 1.70. The van der Waals surface area contributed by atoms with Gasteiger partial charge in [0.05, 0.1) is 7.11 Å². The van der Waals surface area contributed by atoms with E-state index < -0.39 is 0 Å². The highest BCUT2D eigenvalue weighted by Gasteiger charge is 2.15. The SMILES string of the molecule is C=C/C=C1\CCCC(/C=C/I)=C1OC. The maximum absolute atomic E-state index is 5.43. The van der Waals surface area contributed by atoms with Crippen LogP contribution < -0.4 is 0 Å². The number of hydrogen-bond acceptors (Lipinski definition) is 1. The molecule has 1 rings (SSSR count). The molecule has 0 aromatic heterocycles. The van der Waals surface area contributed by atoms with Crippen molar-refractivity contribution < 1.29 is 4.74 Å². The monoisotopic (exact) mass is 302 g/mol. The van der Waals surface area contributed by atoms with Gasteiger partial charge in [0.15, 0.2) is 0 Å². The molecule has 1 aliphatic rings. The van der Waals surface area contributed by atoms with E-state index in [-0.39, 0.29) is 0 Å². The quantitative estimate of drug-likeness (QED) is 0.712. The van der Waals surface area contributed by atoms with E-state index >= 15 is 0 Å². The van der Waals surface area contributed by atoms with Crippen molar-refractivity contribution >= 4 is 22.6 Å². The van der Waals surface area contributed by atoms with Crippen molar-refractivity contribution in [2.24, 2.45) is 0 Å². The zero-order valence-corrected chi connectivity index (χ0v) is 10.6. The van der Waals surface area contributed by atoms with Crippen LogP contribution in [0.3, 0.4) is 0 Å². The van der Waals surface area contributed by atoms with Crippen molar-refractivity contribution in [3.05, 3.63) is 45.8 Å². The molecule has 0 fully saturated rings. The molecule has 0 heterocycles. The van der Waals surface area contributed by atoms with Crippen LogP contribution >= 0.6 is 22.6 Å².